The van der Waals surface area contributed by atoms with E-state index in [0.717, 1.165) is 12.8 Å². The molecule has 1 aliphatic carbocycles. The third kappa shape index (κ3) is 6.99. The fraction of sp³-hybridized carbons (Fsp3) is 0.158. The number of ether oxygens (including phenoxy) is 1. The van der Waals surface area contributed by atoms with Gasteiger partial charge in [-0.2, -0.15) is 0 Å². The van der Waals surface area contributed by atoms with Crippen LogP contribution in [0.25, 0.3) is 0 Å². The van der Waals surface area contributed by atoms with Crippen molar-refractivity contribution >= 4 is 40.3 Å². The van der Waals surface area contributed by atoms with E-state index in [4.69, 9.17) is 16.3 Å². The van der Waals surface area contributed by atoms with Gasteiger partial charge in [-0.15, -0.1) is 0 Å². The number of hydrogen-bond acceptors (Lipinski definition) is 7. The molecule has 0 amide bonds. The lowest BCUT2D eigenvalue weighted by Gasteiger charge is -2.25. The van der Waals surface area contributed by atoms with Crippen molar-refractivity contribution in [2.24, 2.45) is 5.92 Å². The van der Waals surface area contributed by atoms with Crippen molar-refractivity contribution < 1.29 is 28.6 Å². The van der Waals surface area contributed by atoms with E-state index in [-0.39, 0.29) is 27.9 Å². The number of pyridine rings is 1. The van der Waals surface area contributed by atoms with E-state index in [9.17, 15) is 23.9 Å². The van der Waals surface area contributed by atoms with Gasteiger partial charge in [0.25, 0.3) is 0 Å². The highest BCUT2D eigenvalue weighted by atomic mass is 35.5. The predicted octanol–water partition coefficient (Wildman–Crippen LogP) is 7.81. The van der Waals surface area contributed by atoms with Crippen molar-refractivity contribution in [3.05, 3.63) is 154 Å². The Kier molecular flexibility index (Phi) is 9.24. The van der Waals surface area contributed by atoms with Crippen LogP contribution in [0.2, 0.25) is 5.02 Å². The summed E-state index contributed by atoms with van der Waals surface area (Å²) in [5, 5.41) is 11.6. The summed E-state index contributed by atoms with van der Waals surface area (Å²) in [4.78, 5) is 46.9. The van der Waals surface area contributed by atoms with Crippen LogP contribution in [0, 0.1) is 11.7 Å². The van der Waals surface area contributed by atoms with E-state index in [1.807, 2.05) is 4.90 Å². The SMILES string of the molecule is COc1ccc(C(=O)c2ccc(C(=O)c3ccc(N(CC4CC4)c4ccc(Cl)cc4F)cn3)cc2C(O)C(=O)c2ccccc2)cc1. The molecule has 1 atom stereocenters. The lowest BCUT2D eigenvalue weighted by atomic mass is 9.89. The molecule has 47 heavy (non-hydrogen) atoms. The number of Topliss-reactive ketones (excluding diaryl/α,β-unsaturated/α-hetero) is 1. The Balaban J connectivity index is 1.33. The van der Waals surface area contributed by atoms with Gasteiger partial charge in [-0.05, 0) is 85.5 Å². The molecule has 1 unspecified atom stereocenters. The Labute approximate surface area is 276 Å². The van der Waals surface area contributed by atoms with Gasteiger partial charge >= 0.3 is 0 Å². The number of rotatable bonds is 12. The highest BCUT2D eigenvalue weighted by Gasteiger charge is 2.29. The molecule has 0 bridgehead atoms. The number of halogens is 2. The van der Waals surface area contributed by atoms with Crippen LogP contribution < -0.4 is 9.64 Å². The third-order valence-corrected chi connectivity index (χ3v) is 8.38. The summed E-state index contributed by atoms with van der Waals surface area (Å²) < 4.78 is 20.1. The van der Waals surface area contributed by atoms with E-state index in [1.165, 1.54) is 37.6 Å². The first-order chi connectivity index (χ1) is 22.7. The molecule has 5 aromatic rings. The highest BCUT2D eigenvalue weighted by molar-refractivity contribution is 6.30. The van der Waals surface area contributed by atoms with Crippen LogP contribution in [0.1, 0.15) is 66.8 Å². The molecule has 1 heterocycles. The molecule has 1 aromatic heterocycles. The number of nitrogens with zero attached hydrogens (tertiary/aromatic N) is 2. The Morgan fingerprint density at radius 1 is 0.894 bits per heavy atom. The molecule has 0 aliphatic heterocycles. The number of carbonyl (C=O) groups is 3. The molecular formula is C38H30ClFN2O5. The van der Waals surface area contributed by atoms with Crippen molar-refractivity contribution in [2.75, 3.05) is 18.6 Å². The quantitative estimate of drug-likeness (QED) is 0.138. The van der Waals surface area contributed by atoms with Crippen molar-refractivity contribution in [3.63, 3.8) is 0 Å². The molecule has 9 heteroatoms. The fourth-order valence-electron chi connectivity index (χ4n) is 5.37. The topological polar surface area (TPSA) is 96.8 Å². The summed E-state index contributed by atoms with van der Waals surface area (Å²) in [6, 6.07) is 26.7. The third-order valence-electron chi connectivity index (χ3n) is 8.14. The molecule has 6 rings (SSSR count). The number of anilines is 2. The van der Waals surface area contributed by atoms with Crippen molar-refractivity contribution in [1.82, 2.24) is 4.98 Å². The second-order valence-corrected chi connectivity index (χ2v) is 11.8. The van der Waals surface area contributed by atoms with E-state index in [2.05, 4.69) is 4.98 Å². The Hall–Kier alpha value is -5.18. The standard InChI is InChI=1S/C38H30ClFN2O5/c1-47-29-14-9-25(10-15-29)35(43)30-16-11-26(19-31(30)38(46)37(45)24-5-3-2-4-6-24)36(44)33-17-13-28(21-41-33)42(22-23-7-8-23)34-18-12-27(39)20-32(34)40/h2-6,9-21,23,38,46H,7-8,22H2,1H3. The number of carbonyl (C=O) groups excluding carboxylic acids is 3. The minimum atomic E-state index is -1.72. The Morgan fingerprint density at radius 3 is 2.26 bits per heavy atom. The summed E-state index contributed by atoms with van der Waals surface area (Å²) in [5.41, 5.74) is 1.84. The van der Waals surface area contributed by atoms with Gasteiger partial charge < -0.3 is 14.7 Å². The molecule has 236 valence electrons. The maximum Gasteiger partial charge on any atom is 0.211 e. The highest BCUT2D eigenvalue weighted by Crippen LogP contribution is 2.37. The van der Waals surface area contributed by atoms with Gasteiger partial charge in [0.15, 0.2) is 11.6 Å². The molecule has 1 saturated carbocycles. The average Bonchev–Trinajstić information content (AvgIpc) is 3.94. The van der Waals surface area contributed by atoms with Gasteiger partial charge in [0.2, 0.25) is 5.78 Å². The van der Waals surface area contributed by atoms with Crippen molar-refractivity contribution in [3.8, 4) is 5.75 Å². The van der Waals surface area contributed by atoms with E-state index < -0.39 is 29.3 Å². The minimum absolute atomic E-state index is 0.00374. The van der Waals surface area contributed by atoms with Crippen LogP contribution in [0.4, 0.5) is 15.8 Å². The molecule has 1 N–H and O–H groups in total. The fourth-order valence-corrected chi connectivity index (χ4v) is 5.52. The second kappa shape index (κ2) is 13.7. The number of methoxy groups -OCH3 is 1. The minimum Gasteiger partial charge on any atom is -0.497 e. The summed E-state index contributed by atoms with van der Waals surface area (Å²) in [5.74, 6) is -1.00. The van der Waals surface area contributed by atoms with Gasteiger partial charge in [0.1, 0.15) is 23.4 Å². The Morgan fingerprint density at radius 2 is 1.62 bits per heavy atom. The maximum absolute atomic E-state index is 14.9. The van der Waals surface area contributed by atoms with E-state index >= 15 is 0 Å². The van der Waals surface area contributed by atoms with Crippen LogP contribution in [-0.4, -0.2) is 41.1 Å². The zero-order chi connectivity index (χ0) is 33.1. The molecule has 0 radical (unpaired) electrons. The van der Waals surface area contributed by atoms with Crippen LogP contribution in [0.5, 0.6) is 5.75 Å². The van der Waals surface area contributed by atoms with Crippen LogP contribution in [0.3, 0.4) is 0 Å². The normalized spacial score (nSPS) is 13.1. The summed E-state index contributed by atoms with van der Waals surface area (Å²) in [6.45, 7) is 0.591. The molecule has 1 aliphatic rings. The van der Waals surface area contributed by atoms with E-state index in [1.54, 1.807) is 78.9 Å². The molecule has 7 nitrogen and oxygen atoms in total. The van der Waals surface area contributed by atoms with Gasteiger partial charge in [0.05, 0.1) is 24.7 Å². The van der Waals surface area contributed by atoms with Crippen molar-refractivity contribution in [2.45, 2.75) is 18.9 Å². The zero-order valence-corrected chi connectivity index (χ0v) is 26.2. The van der Waals surface area contributed by atoms with Crippen molar-refractivity contribution in [1.29, 1.82) is 0 Å². The molecule has 1 fully saturated rings. The molecule has 0 spiro atoms. The number of benzene rings is 4. The largest absolute Gasteiger partial charge is 0.497 e. The van der Waals surface area contributed by atoms with Gasteiger partial charge in [0, 0.05) is 39.4 Å². The summed E-state index contributed by atoms with van der Waals surface area (Å²) in [6.07, 6.45) is 1.89. The second-order valence-electron chi connectivity index (χ2n) is 11.4. The maximum atomic E-state index is 14.9. The number of aliphatic hydroxyl groups excluding tert-OH is 1. The molecular weight excluding hydrogens is 619 g/mol. The number of aromatic nitrogens is 1. The first-order valence-electron chi connectivity index (χ1n) is 15.1. The lowest BCUT2D eigenvalue weighted by Crippen LogP contribution is -2.21. The molecule has 4 aromatic carbocycles. The van der Waals surface area contributed by atoms with Gasteiger partial charge in [-0.3, -0.25) is 19.4 Å². The average molecular weight is 649 g/mol. The predicted molar refractivity (Wildman–Crippen MR) is 177 cm³/mol. The first kappa shape index (κ1) is 31.8. The van der Waals surface area contributed by atoms with Gasteiger partial charge in [-0.1, -0.05) is 48.0 Å². The van der Waals surface area contributed by atoms with Crippen LogP contribution in [0.15, 0.2) is 109 Å². The number of aliphatic hydroxyl groups is 1. The monoisotopic (exact) mass is 648 g/mol. The number of ketones is 3. The van der Waals surface area contributed by atoms with Crippen LogP contribution in [-0.2, 0) is 0 Å². The first-order valence-corrected chi connectivity index (χ1v) is 15.4. The Bertz CT molecular complexity index is 1940. The van der Waals surface area contributed by atoms with E-state index in [0.29, 0.717) is 40.2 Å². The summed E-state index contributed by atoms with van der Waals surface area (Å²) in [7, 11) is 1.52. The van der Waals surface area contributed by atoms with Crippen LogP contribution >= 0.6 is 11.6 Å². The lowest BCUT2D eigenvalue weighted by molar-refractivity contribution is 0.0744. The smallest absolute Gasteiger partial charge is 0.211 e. The van der Waals surface area contributed by atoms with Gasteiger partial charge in [-0.25, -0.2) is 4.39 Å². The zero-order valence-electron chi connectivity index (χ0n) is 25.4. The summed E-state index contributed by atoms with van der Waals surface area (Å²) >= 11 is 5.98. The molecule has 0 saturated heterocycles. The number of hydrogen-bond donors (Lipinski definition) is 1.